The molecule has 1 saturated heterocycles. The molecule has 1 atom stereocenters. The smallest absolute Gasteiger partial charge is 0.258 e. The predicted molar refractivity (Wildman–Crippen MR) is 114 cm³/mol. The van der Waals surface area contributed by atoms with E-state index in [0.717, 1.165) is 5.56 Å². The van der Waals surface area contributed by atoms with Gasteiger partial charge in [0.1, 0.15) is 5.82 Å². The second kappa shape index (κ2) is 7.82. The van der Waals surface area contributed by atoms with Crippen molar-refractivity contribution in [2.24, 2.45) is 0 Å². The number of hydrogen-bond acceptors (Lipinski definition) is 4. The standard InChI is InChI=1S/C20H17Cl2N3O3S/c21-14-6-7-16(17(22)10-14)20(26)23-19-11-18(13-4-2-1-3-5-13)24-25(19)15-8-9-29(27,28)12-15/h1-7,10-11,15H,8-9,12H2,(H,23,26)/t15-/m0/s1. The summed E-state index contributed by atoms with van der Waals surface area (Å²) in [5, 5.41) is 8.07. The van der Waals surface area contributed by atoms with Gasteiger partial charge in [-0.05, 0) is 24.6 Å². The highest BCUT2D eigenvalue weighted by Gasteiger charge is 2.32. The molecule has 0 bridgehead atoms. The van der Waals surface area contributed by atoms with Gasteiger partial charge in [-0.25, -0.2) is 13.1 Å². The largest absolute Gasteiger partial charge is 0.307 e. The molecular weight excluding hydrogens is 433 g/mol. The van der Waals surface area contributed by atoms with E-state index in [4.69, 9.17) is 23.2 Å². The minimum atomic E-state index is -3.12. The third-order valence-corrected chi connectivity index (χ3v) is 7.08. The highest BCUT2D eigenvalue weighted by Crippen LogP contribution is 2.31. The Morgan fingerprint density at radius 2 is 1.86 bits per heavy atom. The van der Waals surface area contributed by atoms with Crippen LogP contribution in [0.4, 0.5) is 5.82 Å². The molecule has 150 valence electrons. The Morgan fingerprint density at radius 3 is 2.52 bits per heavy atom. The van der Waals surface area contributed by atoms with Gasteiger partial charge in [0.05, 0.1) is 33.8 Å². The van der Waals surface area contributed by atoms with Crippen molar-refractivity contribution in [1.82, 2.24) is 9.78 Å². The van der Waals surface area contributed by atoms with E-state index in [1.54, 1.807) is 22.9 Å². The van der Waals surface area contributed by atoms with Crippen molar-refractivity contribution >= 4 is 44.8 Å². The number of nitrogens with zero attached hydrogens (tertiary/aromatic N) is 2. The molecule has 2 heterocycles. The number of sulfone groups is 1. The van der Waals surface area contributed by atoms with Crippen molar-refractivity contribution in [2.75, 3.05) is 16.8 Å². The summed E-state index contributed by atoms with van der Waals surface area (Å²) in [5.74, 6) is 0.0949. The molecule has 0 saturated carbocycles. The number of carbonyl (C=O) groups excluding carboxylic acids is 1. The number of amides is 1. The van der Waals surface area contributed by atoms with Gasteiger partial charge in [0, 0.05) is 16.7 Å². The Morgan fingerprint density at radius 1 is 1.10 bits per heavy atom. The predicted octanol–water partition coefficient (Wildman–Crippen LogP) is 4.47. The number of carbonyl (C=O) groups is 1. The fraction of sp³-hybridized carbons (Fsp3) is 0.200. The molecule has 0 unspecified atom stereocenters. The minimum Gasteiger partial charge on any atom is -0.307 e. The molecule has 1 aliphatic heterocycles. The molecule has 2 aromatic carbocycles. The molecule has 9 heteroatoms. The van der Waals surface area contributed by atoms with Crippen LogP contribution in [-0.2, 0) is 9.84 Å². The first-order valence-corrected chi connectivity index (χ1v) is 11.5. The molecule has 0 spiro atoms. The molecule has 3 aromatic rings. The zero-order chi connectivity index (χ0) is 20.6. The van der Waals surface area contributed by atoms with E-state index >= 15 is 0 Å². The highest BCUT2D eigenvalue weighted by molar-refractivity contribution is 7.91. The lowest BCUT2D eigenvalue weighted by Gasteiger charge is -2.14. The minimum absolute atomic E-state index is 0.00647. The van der Waals surface area contributed by atoms with Crippen molar-refractivity contribution < 1.29 is 13.2 Å². The summed E-state index contributed by atoms with van der Waals surface area (Å²) in [6.45, 7) is 0. The molecule has 1 fully saturated rings. The van der Waals surface area contributed by atoms with Gasteiger partial charge in [-0.2, -0.15) is 5.10 Å². The van der Waals surface area contributed by atoms with Crippen molar-refractivity contribution in [1.29, 1.82) is 0 Å². The molecule has 1 N–H and O–H groups in total. The SMILES string of the molecule is O=C(Nc1cc(-c2ccccc2)nn1[C@H]1CCS(=O)(=O)C1)c1ccc(Cl)cc1Cl. The molecule has 0 radical (unpaired) electrons. The Kier molecular flexibility index (Phi) is 5.38. The van der Waals surface area contributed by atoms with Crippen molar-refractivity contribution in [3.63, 3.8) is 0 Å². The van der Waals surface area contributed by atoms with Crippen LogP contribution in [0.15, 0.2) is 54.6 Å². The van der Waals surface area contributed by atoms with Crippen LogP contribution < -0.4 is 5.32 Å². The number of rotatable bonds is 4. The van der Waals surface area contributed by atoms with Crippen molar-refractivity contribution in [3.05, 3.63) is 70.2 Å². The number of aromatic nitrogens is 2. The van der Waals surface area contributed by atoms with Crippen LogP contribution in [0.25, 0.3) is 11.3 Å². The van der Waals surface area contributed by atoms with Gasteiger partial charge >= 0.3 is 0 Å². The number of anilines is 1. The topological polar surface area (TPSA) is 81.1 Å². The molecular formula is C20H17Cl2N3O3S. The maximum absolute atomic E-state index is 12.8. The summed E-state index contributed by atoms with van der Waals surface area (Å²) < 4.78 is 25.5. The fourth-order valence-corrected chi connectivity index (χ4v) is 5.53. The molecule has 0 aliphatic carbocycles. The molecule has 1 aromatic heterocycles. The van der Waals surface area contributed by atoms with Gasteiger partial charge in [-0.3, -0.25) is 4.79 Å². The summed E-state index contributed by atoms with van der Waals surface area (Å²) >= 11 is 12.1. The summed E-state index contributed by atoms with van der Waals surface area (Å²) in [5.41, 5.74) is 1.78. The van der Waals surface area contributed by atoms with Gasteiger partial charge in [0.2, 0.25) is 0 Å². The van der Waals surface area contributed by atoms with E-state index in [-0.39, 0.29) is 28.1 Å². The average molecular weight is 450 g/mol. The Bertz CT molecular complexity index is 1180. The van der Waals surface area contributed by atoms with Gasteiger partial charge in [-0.1, -0.05) is 53.5 Å². The summed E-state index contributed by atoms with van der Waals surface area (Å²) in [6.07, 6.45) is 0.447. The van der Waals surface area contributed by atoms with Crippen LogP contribution in [0.1, 0.15) is 22.8 Å². The second-order valence-corrected chi connectivity index (χ2v) is 9.93. The van der Waals surface area contributed by atoms with Crippen LogP contribution in [-0.4, -0.2) is 35.6 Å². The van der Waals surface area contributed by atoms with E-state index in [1.165, 1.54) is 6.07 Å². The Hall–Kier alpha value is -2.35. The molecule has 4 rings (SSSR count). The maximum Gasteiger partial charge on any atom is 0.258 e. The van der Waals surface area contributed by atoms with E-state index in [1.807, 2.05) is 30.3 Å². The van der Waals surface area contributed by atoms with Crippen molar-refractivity contribution in [2.45, 2.75) is 12.5 Å². The van der Waals surface area contributed by atoms with Gasteiger partial charge in [0.15, 0.2) is 9.84 Å². The lowest BCUT2D eigenvalue weighted by Crippen LogP contribution is -2.19. The quantitative estimate of drug-likeness (QED) is 0.636. The zero-order valence-corrected chi connectivity index (χ0v) is 17.5. The maximum atomic E-state index is 12.8. The molecule has 1 aliphatic rings. The van der Waals surface area contributed by atoms with Crippen LogP contribution in [0.5, 0.6) is 0 Å². The van der Waals surface area contributed by atoms with E-state index in [9.17, 15) is 13.2 Å². The monoisotopic (exact) mass is 449 g/mol. The Balaban J connectivity index is 1.71. The first kappa shape index (κ1) is 19.9. The molecule has 6 nitrogen and oxygen atoms in total. The highest BCUT2D eigenvalue weighted by atomic mass is 35.5. The van der Waals surface area contributed by atoms with Crippen LogP contribution in [0, 0.1) is 0 Å². The lowest BCUT2D eigenvalue weighted by atomic mass is 10.1. The van der Waals surface area contributed by atoms with Crippen LogP contribution in [0.2, 0.25) is 10.0 Å². The Labute approximate surface area is 178 Å². The van der Waals surface area contributed by atoms with Gasteiger partial charge in [0.25, 0.3) is 5.91 Å². The second-order valence-electron chi connectivity index (χ2n) is 6.86. The average Bonchev–Trinajstić information content (AvgIpc) is 3.25. The third kappa shape index (κ3) is 4.32. The molecule has 29 heavy (non-hydrogen) atoms. The lowest BCUT2D eigenvalue weighted by molar-refractivity contribution is 0.102. The van der Waals surface area contributed by atoms with Crippen LogP contribution in [0.3, 0.4) is 0 Å². The summed E-state index contributed by atoms with van der Waals surface area (Å²) in [6, 6.07) is 15.5. The summed E-state index contributed by atoms with van der Waals surface area (Å²) in [7, 11) is -3.12. The third-order valence-electron chi connectivity index (χ3n) is 4.78. The van der Waals surface area contributed by atoms with E-state index < -0.39 is 15.7 Å². The first-order valence-electron chi connectivity index (χ1n) is 8.94. The number of nitrogens with one attached hydrogen (secondary N) is 1. The number of hydrogen-bond donors (Lipinski definition) is 1. The summed E-state index contributed by atoms with van der Waals surface area (Å²) in [4.78, 5) is 12.8. The first-order chi connectivity index (χ1) is 13.8. The van der Waals surface area contributed by atoms with Gasteiger partial charge in [-0.15, -0.1) is 0 Å². The van der Waals surface area contributed by atoms with E-state index in [2.05, 4.69) is 10.4 Å². The van der Waals surface area contributed by atoms with E-state index in [0.29, 0.717) is 23.0 Å². The fourth-order valence-electron chi connectivity index (χ4n) is 3.34. The van der Waals surface area contributed by atoms with Crippen molar-refractivity contribution in [3.8, 4) is 11.3 Å². The molecule has 1 amide bonds. The van der Waals surface area contributed by atoms with Crippen LogP contribution >= 0.6 is 23.2 Å². The normalized spacial score (nSPS) is 17.9. The van der Waals surface area contributed by atoms with Gasteiger partial charge < -0.3 is 5.32 Å². The zero-order valence-electron chi connectivity index (χ0n) is 15.2. The number of benzene rings is 2. The number of halogens is 2.